The van der Waals surface area contributed by atoms with E-state index in [2.05, 4.69) is 9.97 Å². The number of likely N-dealkylation sites (N-methyl/N-ethyl adjacent to an activating group) is 1. The molecule has 1 atom stereocenters. The van der Waals surface area contributed by atoms with Gasteiger partial charge in [-0.25, -0.2) is 4.98 Å². The van der Waals surface area contributed by atoms with E-state index in [1.54, 1.807) is 17.4 Å². The Hall–Kier alpha value is -1.85. The summed E-state index contributed by atoms with van der Waals surface area (Å²) in [4.78, 5) is 23.5. The molecule has 3 rings (SSSR count). The quantitative estimate of drug-likeness (QED) is 0.943. The van der Waals surface area contributed by atoms with Crippen molar-refractivity contribution in [1.29, 1.82) is 0 Å². The minimum Gasteiger partial charge on any atom is -0.347 e. The topological polar surface area (TPSA) is 52.2 Å². The lowest BCUT2D eigenvalue weighted by Crippen LogP contribution is -2.39. The lowest BCUT2D eigenvalue weighted by molar-refractivity contribution is -0.121. The number of para-hydroxylation sites is 1. The number of aromatic nitrogens is 2. The van der Waals surface area contributed by atoms with E-state index in [-0.39, 0.29) is 11.9 Å². The molecule has 1 saturated heterocycles. The lowest BCUT2D eigenvalue weighted by atomic mass is 10.2. The summed E-state index contributed by atoms with van der Waals surface area (Å²) in [5.41, 5.74) is 1.79. The number of anilines is 1. The van der Waals surface area contributed by atoms with Crippen LogP contribution in [-0.4, -0.2) is 40.4 Å². The number of H-pyrrole nitrogens is 1. The number of carbonyl (C=O) groups is 1. The molecular formula is C15H17ClN4O. The van der Waals surface area contributed by atoms with E-state index in [1.807, 2.05) is 36.2 Å². The number of rotatable bonds is 4. The van der Waals surface area contributed by atoms with Gasteiger partial charge in [-0.1, -0.05) is 23.7 Å². The van der Waals surface area contributed by atoms with Gasteiger partial charge < -0.3 is 9.88 Å². The SMILES string of the molecule is CN(Cc1cnc[nH]1)[C@@H]1CCN(c2ccccc2Cl)C1=O. The Morgan fingerprint density at radius 1 is 1.48 bits per heavy atom. The average Bonchev–Trinajstić information content (AvgIpc) is 3.09. The Bertz CT molecular complexity index is 628. The summed E-state index contributed by atoms with van der Waals surface area (Å²) in [6.07, 6.45) is 4.23. The van der Waals surface area contributed by atoms with Gasteiger partial charge in [0, 0.05) is 25.0 Å². The molecule has 1 aromatic heterocycles. The van der Waals surface area contributed by atoms with Gasteiger partial charge in [-0.2, -0.15) is 0 Å². The summed E-state index contributed by atoms with van der Waals surface area (Å²) >= 11 is 6.19. The summed E-state index contributed by atoms with van der Waals surface area (Å²) in [5.74, 6) is 0.102. The van der Waals surface area contributed by atoms with Gasteiger partial charge in [0.15, 0.2) is 0 Å². The molecule has 1 aliphatic rings. The molecule has 1 N–H and O–H groups in total. The molecule has 110 valence electrons. The second-order valence-electron chi connectivity index (χ2n) is 5.24. The maximum absolute atomic E-state index is 12.6. The molecule has 5 nitrogen and oxygen atoms in total. The molecular weight excluding hydrogens is 288 g/mol. The molecule has 2 aromatic rings. The molecule has 0 bridgehead atoms. The molecule has 0 unspecified atom stereocenters. The molecule has 0 saturated carbocycles. The smallest absolute Gasteiger partial charge is 0.244 e. The van der Waals surface area contributed by atoms with Crippen molar-refractivity contribution in [3.8, 4) is 0 Å². The largest absolute Gasteiger partial charge is 0.347 e. The first-order valence-electron chi connectivity index (χ1n) is 6.90. The lowest BCUT2D eigenvalue weighted by Gasteiger charge is -2.23. The highest BCUT2D eigenvalue weighted by Gasteiger charge is 2.35. The maximum Gasteiger partial charge on any atom is 0.244 e. The highest BCUT2D eigenvalue weighted by molar-refractivity contribution is 6.33. The average molecular weight is 305 g/mol. The van der Waals surface area contributed by atoms with Crippen LogP contribution in [0.25, 0.3) is 0 Å². The number of imidazole rings is 1. The van der Waals surface area contributed by atoms with Crippen molar-refractivity contribution < 1.29 is 4.79 Å². The minimum absolute atomic E-state index is 0.102. The first-order chi connectivity index (χ1) is 10.2. The first kappa shape index (κ1) is 14.1. The van der Waals surface area contributed by atoms with Crippen LogP contribution in [0.5, 0.6) is 0 Å². The molecule has 0 spiro atoms. The monoisotopic (exact) mass is 304 g/mol. The number of hydrogen-bond acceptors (Lipinski definition) is 3. The van der Waals surface area contributed by atoms with Crippen molar-refractivity contribution in [3.63, 3.8) is 0 Å². The summed E-state index contributed by atoms with van der Waals surface area (Å²) in [6.45, 7) is 1.37. The normalized spacial score (nSPS) is 18.7. The van der Waals surface area contributed by atoms with Crippen LogP contribution in [-0.2, 0) is 11.3 Å². The number of aromatic amines is 1. The van der Waals surface area contributed by atoms with E-state index < -0.39 is 0 Å². The van der Waals surface area contributed by atoms with Crippen LogP contribution in [0.15, 0.2) is 36.8 Å². The fourth-order valence-electron chi connectivity index (χ4n) is 2.73. The highest BCUT2D eigenvalue weighted by atomic mass is 35.5. The van der Waals surface area contributed by atoms with Gasteiger partial charge in [0.05, 0.1) is 23.1 Å². The van der Waals surface area contributed by atoms with Crippen LogP contribution in [0.1, 0.15) is 12.1 Å². The van der Waals surface area contributed by atoms with Gasteiger partial charge in [-0.05, 0) is 25.6 Å². The maximum atomic E-state index is 12.6. The van der Waals surface area contributed by atoms with Crippen molar-refractivity contribution >= 4 is 23.2 Å². The first-order valence-corrected chi connectivity index (χ1v) is 7.28. The van der Waals surface area contributed by atoms with Crippen LogP contribution in [0, 0.1) is 0 Å². The fourth-order valence-corrected chi connectivity index (χ4v) is 2.97. The number of carbonyl (C=O) groups excluding carboxylic acids is 1. The van der Waals surface area contributed by atoms with E-state index in [0.29, 0.717) is 18.1 Å². The highest BCUT2D eigenvalue weighted by Crippen LogP contribution is 2.30. The number of amides is 1. The van der Waals surface area contributed by atoms with Crippen LogP contribution < -0.4 is 4.90 Å². The standard InChI is InChI=1S/C15H17ClN4O/c1-19(9-11-8-17-10-18-11)14-6-7-20(15(14)21)13-5-3-2-4-12(13)16/h2-5,8,10,14H,6-7,9H2,1H3,(H,17,18)/t14-/m1/s1. The molecule has 1 aliphatic heterocycles. The van der Waals surface area contributed by atoms with Crippen LogP contribution in [0.3, 0.4) is 0 Å². The molecule has 21 heavy (non-hydrogen) atoms. The molecule has 1 amide bonds. The molecule has 6 heteroatoms. The van der Waals surface area contributed by atoms with E-state index in [0.717, 1.165) is 17.8 Å². The predicted octanol–water partition coefficient (Wildman–Crippen LogP) is 2.30. The number of hydrogen-bond donors (Lipinski definition) is 1. The zero-order chi connectivity index (χ0) is 14.8. The van der Waals surface area contributed by atoms with E-state index in [1.165, 1.54) is 0 Å². The summed E-state index contributed by atoms with van der Waals surface area (Å²) in [6, 6.07) is 7.35. The van der Waals surface area contributed by atoms with Crippen molar-refractivity contribution in [3.05, 3.63) is 47.5 Å². The van der Waals surface area contributed by atoms with E-state index in [9.17, 15) is 4.79 Å². The molecule has 0 aliphatic carbocycles. The van der Waals surface area contributed by atoms with Crippen LogP contribution in [0.2, 0.25) is 5.02 Å². The third kappa shape index (κ3) is 2.80. The second-order valence-corrected chi connectivity index (χ2v) is 5.64. The third-order valence-electron chi connectivity index (χ3n) is 3.83. The Labute approximate surface area is 128 Å². The van der Waals surface area contributed by atoms with Crippen molar-refractivity contribution in [1.82, 2.24) is 14.9 Å². The van der Waals surface area contributed by atoms with Gasteiger partial charge >= 0.3 is 0 Å². The summed E-state index contributed by atoms with van der Waals surface area (Å²) in [5, 5.41) is 0.614. The summed E-state index contributed by atoms with van der Waals surface area (Å²) < 4.78 is 0. The fraction of sp³-hybridized carbons (Fsp3) is 0.333. The Kier molecular flexibility index (Phi) is 3.94. The van der Waals surface area contributed by atoms with Crippen molar-refractivity contribution in [2.75, 3.05) is 18.5 Å². The van der Waals surface area contributed by atoms with Gasteiger partial charge in [0.25, 0.3) is 0 Å². The Morgan fingerprint density at radius 3 is 3.00 bits per heavy atom. The third-order valence-corrected chi connectivity index (χ3v) is 4.15. The Balaban J connectivity index is 1.73. The van der Waals surface area contributed by atoms with Gasteiger partial charge in [0.2, 0.25) is 5.91 Å². The van der Waals surface area contributed by atoms with Gasteiger partial charge in [-0.3, -0.25) is 9.69 Å². The van der Waals surface area contributed by atoms with Crippen LogP contribution >= 0.6 is 11.6 Å². The zero-order valence-corrected chi connectivity index (χ0v) is 12.5. The molecule has 0 radical (unpaired) electrons. The van der Waals surface area contributed by atoms with Crippen molar-refractivity contribution in [2.45, 2.75) is 19.0 Å². The number of benzene rings is 1. The van der Waals surface area contributed by atoms with E-state index >= 15 is 0 Å². The number of nitrogens with one attached hydrogen (secondary N) is 1. The summed E-state index contributed by atoms with van der Waals surface area (Å²) in [7, 11) is 1.96. The Morgan fingerprint density at radius 2 is 2.29 bits per heavy atom. The minimum atomic E-state index is -0.121. The van der Waals surface area contributed by atoms with E-state index in [4.69, 9.17) is 11.6 Å². The number of nitrogens with zero attached hydrogens (tertiary/aromatic N) is 3. The number of halogens is 1. The zero-order valence-electron chi connectivity index (χ0n) is 11.8. The van der Waals surface area contributed by atoms with Gasteiger partial charge in [-0.15, -0.1) is 0 Å². The second kappa shape index (κ2) is 5.87. The molecule has 2 heterocycles. The molecule has 1 fully saturated rings. The predicted molar refractivity (Wildman–Crippen MR) is 82.3 cm³/mol. The van der Waals surface area contributed by atoms with Gasteiger partial charge in [0.1, 0.15) is 0 Å². The molecule has 1 aromatic carbocycles. The van der Waals surface area contributed by atoms with Crippen molar-refractivity contribution in [2.24, 2.45) is 0 Å². The van der Waals surface area contributed by atoms with Crippen LogP contribution in [0.4, 0.5) is 5.69 Å².